The minimum Gasteiger partial charge on any atom is -0.352 e. The number of hydrogen-bond acceptors (Lipinski definition) is 3. The lowest BCUT2D eigenvalue weighted by atomic mass is 9.75. The molecule has 1 aliphatic heterocycles. The highest BCUT2D eigenvalue weighted by Gasteiger charge is 2.53. The molecule has 1 aliphatic rings. The molecule has 13 heteroatoms. The van der Waals surface area contributed by atoms with Crippen LogP contribution < -0.4 is 11.1 Å². The maximum atomic E-state index is 15.1. The molecule has 3 amide bonds. The van der Waals surface area contributed by atoms with E-state index in [1.54, 1.807) is 0 Å². The number of alkyl halides is 3. The van der Waals surface area contributed by atoms with Gasteiger partial charge >= 0.3 is 12.2 Å². The Hall–Kier alpha value is -2.66. The number of amides is 3. The molecule has 0 bridgehead atoms. The fraction of sp³-hybridized carbons (Fsp3) is 0.316. The summed E-state index contributed by atoms with van der Waals surface area (Å²) in [6.45, 7) is 1.07. The molecular formula is C19H15Cl2F5N4O2. The number of primary amides is 1. The lowest BCUT2D eigenvalue weighted by molar-refractivity contribution is -0.141. The number of nitrogens with zero attached hydrogens (tertiary/aromatic N) is 2. The molecule has 0 aliphatic carbocycles. The Morgan fingerprint density at radius 1 is 1.25 bits per heavy atom. The van der Waals surface area contributed by atoms with Crippen LogP contribution in [0.1, 0.15) is 29.8 Å². The van der Waals surface area contributed by atoms with E-state index in [0.717, 1.165) is 29.2 Å². The van der Waals surface area contributed by atoms with Crippen molar-refractivity contribution < 1.29 is 31.5 Å². The molecular weight excluding hydrogens is 482 g/mol. The molecule has 6 nitrogen and oxygen atoms in total. The van der Waals surface area contributed by atoms with E-state index in [-0.39, 0.29) is 13.1 Å². The molecule has 0 saturated carbocycles. The molecule has 1 unspecified atom stereocenters. The summed E-state index contributed by atoms with van der Waals surface area (Å²) in [5.74, 6) is -4.95. The highest BCUT2D eigenvalue weighted by molar-refractivity contribution is 6.31. The van der Waals surface area contributed by atoms with E-state index >= 15 is 4.39 Å². The van der Waals surface area contributed by atoms with Crippen LogP contribution in [0.2, 0.25) is 10.0 Å². The Morgan fingerprint density at radius 3 is 2.50 bits per heavy atom. The summed E-state index contributed by atoms with van der Waals surface area (Å²) in [5, 5.41) is 0.810. The van der Waals surface area contributed by atoms with Gasteiger partial charge in [-0.05, 0) is 25.1 Å². The van der Waals surface area contributed by atoms with E-state index in [2.05, 4.69) is 10.3 Å². The number of piperazine rings is 1. The number of carbonyl (C=O) groups is 2. The van der Waals surface area contributed by atoms with Crippen molar-refractivity contribution in [2.75, 3.05) is 13.1 Å². The average molecular weight is 497 g/mol. The van der Waals surface area contributed by atoms with Crippen molar-refractivity contribution in [1.82, 2.24) is 15.2 Å². The molecule has 2 atom stereocenters. The molecule has 32 heavy (non-hydrogen) atoms. The summed E-state index contributed by atoms with van der Waals surface area (Å²) in [6, 6.07) is 2.54. The Bertz CT molecular complexity index is 1100. The van der Waals surface area contributed by atoms with E-state index in [4.69, 9.17) is 28.9 Å². The number of hydrogen-bond donors (Lipinski definition) is 2. The molecule has 1 aromatic heterocycles. The zero-order valence-corrected chi connectivity index (χ0v) is 17.7. The molecule has 3 rings (SSSR count). The monoisotopic (exact) mass is 496 g/mol. The standard InChI is InChI=1S/C19H15Cl2F5N4O2/c1-18(16(31)28-6-7-30(18)17(27)32)12(8-2-4-10(22)13(21)14(8)23)11-5-3-9(20)15(29-11)19(24,25)26/h2-5,12H,6-7H2,1H3,(H2,27,32)(H,28,31)/t12-,18?/m0/s1. The van der Waals surface area contributed by atoms with Gasteiger partial charge in [0.2, 0.25) is 5.91 Å². The van der Waals surface area contributed by atoms with Gasteiger partial charge in [-0.25, -0.2) is 18.6 Å². The van der Waals surface area contributed by atoms with Gasteiger partial charge in [0.25, 0.3) is 0 Å². The topological polar surface area (TPSA) is 88.3 Å². The third-order valence-corrected chi connectivity index (χ3v) is 5.93. The summed E-state index contributed by atoms with van der Waals surface area (Å²) in [6.07, 6.45) is -4.98. The van der Waals surface area contributed by atoms with Gasteiger partial charge in [-0.1, -0.05) is 29.3 Å². The number of urea groups is 1. The highest BCUT2D eigenvalue weighted by atomic mass is 35.5. The van der Waals surface area contributed by atoms with E-state index in [1.807, 2.05) is 0 Å². The van der Waals surface area contributed by atoms with Crippen LogP contribution in [-0.2, 0) is 11.0 Å². The summed E-state index contributed by atoms with van der Waals surface area (Å²) < 4.78 is 69.2. The van der Waals surface area contributed by atoms with Gasteiger partial charge in [-0.15, -0.1) is 0 Å². The molecule has 3 N–H and O–H groups in total. The van der Waals surface area contributed by atoms with E-state index in [1.165, 1.54) is 6.92 Å². The smallest absolute Gasteiger partial charge is 0.352 e. The van der Waals surface area contributed by atoms with Crippen molar-refractivity contribution in [2.45, 2.75) is 24.6 Å². The largest absolute Gasteiger partial charge is 0.434 e. The van der Waals surface area contributed by atoms with E-state index in [9.17, 15) is 27.2 Å². The van der Waals surface area contributed by atoms with Gasteiger partial charge in [0.1, 0.15) is 22.2 Å². The molecule has 2 aromatic rings. The predicted octanol–water partition coefficient (Wildman–Crippen LogP) is 4.09. The lowest BCUT2D eigenvalue weighted by Crippen LogP contribution is -2.68. The zero-order chi connectivity index (χ0) is 24.0. The number of nitrogens with one attached hydrogen (secondary N) is 1. The SMILES string of the molecule is CC1([C@H](c2ccc(Cl)c(C(F)(F)F)n2)c2ccc(F)c(Cl)c2F)C(=O)NCCN1C(N)=O. The van der Waals surface area contributed by atoms with Gasteiger partial charge in [0.05, 0.1) is 16.6 Å². The van der Waals surface area contributed by atoms with Gasteiger partial charge in [-0.3, -0.25) is 4.79 Å². The second-order valence-corrected chi connectivity index (χ2v) is 7.94. The highest BCUT2D eigenvalue weighted by Crippen LogP contribution is 2.43. The zero-order valence-electron chi connectivity index (χ0n) is 16.2. The Labute approximate surface area is 188 Å². The molecule has 1 aromatic carbocycles. The summed E-state index contributed by atoms with van der Waals surface area (Å²) in [5.41, 5.74) is 0.957. The van der Waals surface area contributed by atoms with Gasteiger partial charge < -0.3 is 16.0 Å². The first-order valence-electron chi connectivity index (χ1n) is 9.02. The Morgan fingerprint density at radius 2 is 1.91 bits per heavy atom. The van der Waals surface area contributed by atoms with Crippen molar-refractivity contribution in [3.05, 3.63) is 62.9 Å². The molecule has 2 heterocycles. The second-order valence-electron chi connectivity index (χ2n) is 7.16. The minimum atomic E-state index is -4.98. The molecule has 0 radical (unpaired) electrons. The molecule has 172 valence electrons. The first-order chi connectivity index (χ1) is 14.8. The van der Waals surface area contributed by atoms with Gasteiger partial charge in [-0.2, -0.15) is 13.2 Å². The maximum absolute atomic E-state index is 15.1. The van der Waals surface area contributed by atoms with Crippen LogP contribution in [0, 0.1) is 11.6 Å². The van der Waals surface area contributed by atoms with E-state index in [0.29, 0.717) is 0 Å². The van der Waals surface area contributed by atoms with Crippen molar-refractivity contribution in [1.29, 1.82) is 0 Å². The molecule has 1 saturated heterocycles. The first-order valence-corrected chi connectivity index (χ1v) is 9.78. The van der Waals surface area contributed by atoms with Crippen LogP contribution in [0.25, 0.3) is 0 Å². The normalized spacial score (nSPS) is 20.1. The van der Waals surface area contributed by atoms with Crippen molar-refractivity contribution in [3.63, 3.8) is 0 Å². The van der Waals surface area contributed by atoms with Crippen LogP contribution >= 0.6 is 23.2 Å². The first kappa shape index (κ1) is 24.0. The Balaban J connectivity index is 2.37. The number of pyridine rings is 1. The van der Waals surface area contributed by atoms with Crippen molar-refractivity contribution in [2.24, 2.45) is 5.73 Å². The van der Waals surface area contributed by atoms with Crippen LogP contribution in [0.5, 0.6) is 0 Å². The van der Waals surface area contributed by atoms with Crippen LogP contribution in [0.15, 0.2) is 24.3 Å². The summed E-state index contributed by atoms with van der Waals surface area (Å²) in [4.78, 5) is 29.5. The predicted molar refractivity (Wildman–Crippen MR) is 105 cm³/mol. The fourth-order valence-electron chi connectivity index (χ4n) is 3.77. The average Bonchev–Trinajstić information content (AvgIpc) is 2.70. The van der Waals surface area contributed by atoms with Crippen LogP contribution in [-0.4, -0.2) is 40.5 Å². The maximum Gasteiger partial charge on any atom is 0.434 e. The number of nitrogens with two attached hydrogens (primary N) is 1. The lowest BCUT2D eigenvalue weighted by Gasteiger charge is -2.47. The third-order valence-electron chi connectivity index (χ3n) is 5.28. The number of aromatic nitrogens is 1. The number of rotatable bonds is 3. The second kappa shape index (κ2) is 8.36. The van der Waals surface area contributed by atoms with Crippen molar-refractivity contribution >= 4 is 35.1 Å². The van der Waals surface area contributed by atoms with Gasteiger partial charge in [0.15, 0.2) is 5.69 Å². The number of benzene rings is 1. The van der Waals surface area contributed by atoms with Crippen molar-refractivity contribution in [3.8, 4) is 0 Å². The quantitative estimate of drug-likeness (QED) is 0.495. The van der Waals surface area contributed by atoms with Crippen LogP contribution in [0.4, 0.5) is 26.7 Å². The summed E-state index contributed by atoms with van der Waals surface area (Å²) in [7, 11) is 0. The van der Waals surface area contributed by atoms with Crippen LogP contribution in [0.3, 0.4) is 0 Å². The van der Waals surface area contributed by atoms with E-state index < -0.39 is 68.2 Å². The number of halogens is 7. The molecule has 0 spiro atoms. The summed E-state index contributed by atoms with van der Waals surface area (Å²) >= 11 is 11.3. The number of carbonyl (C=O) groups excluding carboxylic acids is 2. The molecule has 1 fully saturated rings. The van der Waals surface area contributed by atoms with Gasteiger partial charge in [0, 0.05) is 18.7 Å². The fourth-order valence-corrected chi connectivity index (χ4v) is 4.16. The minimum absolute atomic E-state index is 0.00140. The Kier molecular flexibility index (Phi) is 6.27. The third kappa shape index (κ3) is 3.95.